The largest absolute Gasteiger partial charge is 0.450 e. The van der Waals surface area contributed by atoms with Crippen LogP contribution in [0.1, 0.15) is 12.6 Å². The maximum atomic E-state index is 11.4. The number of hydrogen-bond acceptors (Lipinski definition) is 8. The number of hydrazone groups is 1. The molecule has 0 saturated heterocycles. The van der Waals surface area contributed by atoms with E-state index in [2.05, 4.69) is 22.0 Å². The van der Waals surface area contributed by atoms with Crippen LogP contribution in [0.2, 0.25) is 0 Å². The summed E-state index contributed by atoms with van der Waals surface area (Å²) in [6, 6.07) is 5.54. The predicted molar refractivity (Wildman–Crippen MR) is 99.0 cm³/mol. The van der Waals surface area contributed by atoms with Gasteiger partial charge < -0.3 is 14.8 Å². The van der Waals surface area contributed by atoms with Crippen molar-refractivity contribution in [3.63, 3.8) is 0 Å². The summed E-state index contributed by atoms with van der Waals surface area (Å²) < 4.78 is 11.3. The van der Waals surface area contributed by atoms with Gasteiger partial charge in [0.05, 0.1) is 44.1 Å². The Hall–Kier alpha value is -2.56. The average molecular weight is 379 g/mol. The van der Waals surface area contributed by atoms with Crippen LogP contribution in [0, 0.1) is 0 Å². The number of rotatable bonds is 9. The maximum absolute atomic E-state index is 11.4. The van der Waals surface area contributed by atoms with Gasteiger partial charge in [0.2, 0.25) is 5.69 Å². The fourth-order valence-corrected chi connectivity index (χ4v) is 2.75. The van der Waals surface area contributed by atoms with Gasteiger partial charge in [0.1, 0.15) is 5.69 Å². The summed E-state index contributed by atoms with van der Waals surface area (Å²) in [6.07, 6.45) is -0.470. The molecule has 0 spiro atoms. The van der Waals surface area contributed by atoms with Gasteiger partial charge in [-0.2, -0.15) is 5.12 Å². The highest BCUT2D eigenvalue weighted by molar-refractivity contribution is 7.13. The number of carbonyl (C=O) groups excluding carboxylic acids is 1. The molecule has 0 unspecified atom stereocenters. The van der Waals surface area contributed by atoms with Gasteiger partial charge in [-0.25, -0.2) is 15.6 Å². The number of ether oxygens (including phenoxy) is 2. The fraction of sp³-hybridized carbons (Fsp3) is 0.375. The number of alkyl carbamates (subject to hydrolysis) is 1. The van der Waals surface area contributed by atoms with Crippen molar-refractivity contribution in [3.05, 3.63) is 29.3 Å². The smallest absolute Gasteiger partial charge is 0.407 e. The normalized spacial score (nSPS) is 10.4. The minimum absolute atomic E-state index is 0.277. The predicted octanol–water partition coefficient (Wildman–Crippen LogP) is 1.53. The lowest BCUT2D eigenvalue weighted by atomic mass is 10.2. The molecule has 0 fully saturated rings. The van der Waals surface area contributed by atoms with Crippen LogP contribution in [-0.4, -0.2) is 59.4 Å². The number of pyridine rings is 1. The first kappa shape index (κ1) is 19.8. The van der Waals surface area contributed by atoms with Crippen LogP contribution in [0.25, 0.3) is 11.4 Å². The Bertz CT molecular complexity index is 751. The second kappa shape index (κ2) is 9.80. The highest BCUT2D eigenvalue weighted by Crippen LogP contribution is 2.25. The SMILES string of the molecule is C=[N+](c1nc(-c2cccc(CNC(=O)OCC)n2)cs1)N(N)CCOC. The number of nitrogens with one attached hydrogen (secondary N) is 1. The number of methoxy groups -OCH3 is 1. The van der Waals surface area contributed by atoms with Crippen molar-refractivity contribution in [2.45, 2.75) is 13.5 Å². The Labute approximate surface area is 156 Å². The van der Waals surface area contributed by atoms with Crippen LogP contribution >= 0.6 is 11.3 Å². The minimum atomic E-state index is -0.470. The quantitative estimate of drug-likeness (QED) is 0.295. The molecule has 0 aromatic carbocycles. The second-order valence-electron chi connectivity index (χ2n) is 5.16. The van der Waals surface area contributed by atoms with E-state index in [9.17, 15) is 4.79 Å². The molecule has 2 heterocycles. The summed E-state index contributed by atoms with van der Waals surface area (Å²) in [4.78, 5) is 20.4. The lowest BCUT2D eigenvalue weighted by molar-refractivity contribution is -0.620. The number of carbonyl (C=O) groups is 1. The van der Waals surface area contributed by atoms with Crippen LogP contribution in [0.4, 0.5) is 9.93 Å². The summed E-state index contributed by atoms with van der Waals surface area (Å²) in [5, 5.41) is 6.58. The number of amides is 1. The van der Waals surface area contributed by atoms with E-state index in [1.165, 1.54) is 21.1 Å². The zero-order valence-electron chi connectivity index (χ0n) is 14.8. The monoisotopic (exact) mass is 379 g/mol. The van der Waals surface area contributed by atoms with Gasteiger partial charge in [0, 0.05) is 7.11 Å². The summed E-state index contributed by atoms with van der Waals surface area (Å²) >= 11 is 1.41. The van der Waals surface area contributed by atoms with Crippen molar-refractivity contribution in [3.8, 4) is 11.4 Å². The number of aromatic nitrogens is 2. The number of nitrogens with two attached hydrogens (primary N) is 1. The molecule has 3 N–H and O–H groups in total. The molecule has 2 rings (SSSR count). The van der Waals surface area contributed by atoms with Crippen LogP contribution in [0.3, 0.4) is 0 Å². The second-order valence-corrected chi connectivity index (χ2v) is 6.00. The Morgan fingerprint density at radius 1 is 1.42 bits per heavy atom. The topological polar surface area (TPSA) is 106 Å². The van der Waals surface area contributed by atoms with E-state index in [4.69, 9.17) is 15.3 Å². The Morgan fingerprint density at radius 2 is 2.23 bits per heavy atom. The third-order valence-electron chi connectivity index (χ3n) is 3.31. The highest BCUT2D eigenvalue weighted by atomic mass is 32.1. The van der Waals surface area contributed by atoms with Crippen LogP contribution in [0.15, 0.2) is 23.6 Å². The molecule has 0 aliphatic heterocycles. The molecule has 1 amide bonds. The molecule has 0 saturated carbocycles. The molecule has 0 atom stereocenters. The molecule has 140 valence electrons. The van der Waals surface area contributed by atoms with E-state index in [1.54, 1.807) is 14.0 Å². The molecule has 0 bridgehead atoms. The van der Waals surface area contributed by atoms with Crippen molar-refractivity contribution >= 4 is 29.3 Å². The first-order chi connectivity index (χ1) is 12.5. The van der Waals surface area contributed by atoms with E-state index in [1.807, 2.05) is 23.6 Å². The highest BCUT2D eigenvalue weighted by Gasteiger charge is 2.20. The van der Waals surface area contributed by atoms with E-state index in [-0.39, 0.29) is 6.54 Å². The summed E-state index contributed by atoms with van der Waals surface area (Å²) in [5.74, 6) is 5.92. The van der Waals surface area contributed by atoms with Crippen molar-refractivity contribution in [1.82, 2.24) is 20.4 Å². The van der Waals surface area contributed by atoms with Gasteiger partial charge in [0.25, 0.3) is 0 Å². The molecular weight excluding hydrogens is 356 g/mol. The van der Waals surface area contributed by atoms with E-state index >= 15 is 0 Å². The zero-order chi connectivity index (χ0) is 18.9. The van der Waals surface area contributed by atoms with Gasteiger partial charge in [-0.15, -0.1) is 4.68 Å². The number of hydrazine groups is 2. The molecule has 2 aromatic rings. The van der Waals surface area contributed by atoms with Crippen molar-refractivity contribution in [1.29, 1.82) is 0 Å². The van der Waals surface area contributed by atoms with E-state index in [0.29, 0.717) is 42.0 Å². The molecular formula is C16H23N6O3S+. The zero-order valence-corrected chi connectivity index (χ0v) is 15.7. The molecule has 10 heteroatoms. The van der Waals surface area contributed by atoms with Crippen LogP contribution in [-0.2, 0) is 16.0 Å². The average Bonchev–Trinajstić information content (AvgIpc) is 3.14. The summed E-state index contributed by atoms with van der Waals surface area (Å²) in [5.41, 5.74) is 2.11. The summed E-state index contributed by atoms with van der Waals surface area (Å²) in [7, 11) is 1.61. The molecule has 9 nitrogen and oxygen atoms in total. The maximum Gasteiger partial charge on any atom is 0.407 e. The first-order valence-corrected chi connectivity index (χ1v) is 8.87. The Kier molecular flexibility index (Phi) is 7.45. The minimum Gasteiger partial charge on any atom is -0.450 e. The van der Waals surface area contributed by atoms with Gasteiger partial charge in [-0.1, -0.05) is 6.07 Å². The van der Waals surface area contributed by atoms with Gasteiger partial charge >= 0.3 is 11.2 Å². The standard InChI is InChI=1S/C16H22N6O3S/c1-4-25-16(23)18-10-12-6-5-7-13(19-12)14-11-26-15(20-14)21(2)22(17)8-9-24-3/h5-7,11H,2,4,8-10,17H2,1,3H3/p+1. The van der Waals surface area contributed by atoms with Gasteiger partial charge in [-0.3, -0.25) is 0 Å². The summed E-state index contributed by atoms with van der Waals surface area (Å²) in [6.45, 7) is 7.22. The van der Waals surface area contributed by atoms with Crippen molar-refractivity contribution in [2.24, 2.45) is 5.84 Å². The third-order valence-corrected chi connectivity index (χ3v) is 4.16. The van der Waals surface area contributed by atoms with Gasteiger partial charge in [-0.05, 0) is 35.4 Å². The van der Waals surface area contributed by atoms with Gasteiger partial charge in [0.15, 0.2) is 0 Å². The third kappa shape index (κ3) is 5.48. The Morgan fingerprint density at radius 3 is 2.96 bits per heavy atom. The van der Waals surface area contributed by atoms with Crippen LogP contribution < -0.4 is 11.2 Å². The number of nitrogens with zero attached hydrogens (tertiary/aromatic N) is 4. The lowest BCUT2D eigenvalue weighted by Crippen LogP contribution is -2.40. The molecule has 2 aromatic heterocycles. The number of thiazole rings is 1. The van der Waals surface area contributed by atoms with Crippen molar-refractivity contribution in [2.75, 3.05) is 26.9 Å². The fourth-order valence-electron chi connectivity index (χ4n) is 1.98. The van der Waals surface area contributed by atoms with E-state index in [0.717, 1.165) is 0 Å². The van der Waals surface area contributed by atoms with E-state index < -0.39 is 6.09 Å². The molecule has 26 heavy (non-hydrogen) atoms. The molecule has 0 radical (unpaired) electrons. The Balaban J connectivity index is 2.05. The van der Waals surface area contributed by atoms with Crippen LogP contribution in [0.5, 0.6) is 0 Å². The molecule has 0 aliphatic rings. The number of hydrogen-bond donors (Lipinski definition) is 2. The first-order valence-electron chi connectivity index (χ1n) is 7.99. The molecule has 0 aliphatic carbocycles. The lowest BCUT2D eigenvalue weighted by Gasteiger charge is -2.14. The van der Waals surface area contributed by atoms with Crippen molar-refractivity contribution < 1.29 is 19.0 Å².